The van der Waals surface area contributed by atoms with Crippen LogP contribution in [0.3, 0.4) is 0 Å². The van der Waals surface area contributed by atoms with Crippen molar-refractivity contribution in [2.45, 2.75) is 6.10 Å². The Kier molecular flexibility index (Phi) is 3.99. The van der Waals surface area contributed by atoms with E-state index in [4.69, 9.17) is 15.1 Å². The van der Waals surface area contributed by atoms with E-state index in [1.54, 1.807) is 6.07 Å². The number of hydrogen-bond acceptors (Lipinski definition) is 5. The molecule has 18 heavy (non-hydrogen) atoms. The zero-order chi connectivity index (χ0) is 13.7. The van der Waals surface area contributed by atoms with Crippen molar-refractivity contribution in [3.63, 3.8) is 0 Å². The predicted octanol–water partition coefficient (Wildman–Crippen LogP) is 1.48. The third-order valence-corrected chi connectivity index (χ3v) is 2.00. The number of nitriles is 1. The van der Waals surface area contributed by atoms with Crippen molar-refractivity contribution in [2.24, 2.45) is 0 Å². The molecule has 0 bridgehead atoms. The standard InChI is InChI=1S/C11H8N2O5/c1-2-9(11(14)15)18-10-4-3-7(6-12)5-8(10)13(16)17/h2-5,9H,1H2,(H,14,15). The number of nitrogens with zero attached hydrogens (tertiary/aromatic N) is 2. The summed E-state index contributed by atoms with van der Waals surface area (Å²) in [5.41, 5.74) is -0.387. The summed E-state index contributed by atoms with van der Waals surface area (Å²) in [6.45, 7) is 3.26. The smallest absolute Gasteiger partial charge is 0.349 e. The Bertz CT molecular complexity index is 547. The van der Waals surface area contributed by atoms with Crippen LogP contribution in [0.5, 0.6) is 5.75 Å². The molecule has 1 aromatic carbocycles. The Morgan fingerprint density at radius 2 is 2.33 bits per heavy atom. The molecule has 0 fully saturated rings. The molecule has 92 valence electrons. The molecule has 7 nitrogen and oxygen atoms in total. The summed E-state index contributed by atoms with van der Waals surface area (Å²) < 4.78 is 4.95. The highest BCUT2D eigenvalue weighted by molar-refractivity contribution is 5.75. The molecule has 0 aliphatic rings. The summed E-state index contributed by atoms with van der Waals surface area (Å²) in [7, 11) is 0. The Labute approximate surface area is 102 Å². The van der Waals surface area contributed by atoms with E-state index in [1.807, 2.05) is 0 Å². The van der Waals surface area contributed by atoms with Crippen LogP contribution in [-0.4, -0.2) is 22.1 Å². The first kappa shape index (κ1) is 13.2. The van der Waals surface area contributed by atoms with Gasteiger partial charge in [-0.15, -0.1) is 0 Å². The van der Waals surface area contributed by atoms with Crippen molar-refractivity contribution < 1.29 is 19.6 Å². The van der Waals surface area contributed by atoms with Crippen LogP contribution in [-0.2, 0) is 4.79 Å². The molecule has 0 spiro atoms. The van der Waals surface area contributed by atoms with Crippen LogP contribution >= 0.6 is 0 Å². The van der Waals surface area contributed by atoms with Gasteiger partial charge in [0.25, 0.3) is 0 Å². The average Bonchev–Trinajstić information content (AvgIpc) is 2.35. The van der Waals surface area contributed by atoms with Gasteiger partial charge in [-0.1, -0.05) is 6.58 Å². The number of ether oxygens (including phenoxy) is 1. The van der Waals surface area contributed by atoms with Crippen molar-refractivity contribution in [3.8, 4) is 11.8 Å². The highest BCUT2D eigenvalue weighted by Crippen LogP contribution is 2.28. The van der Waals surface area contributed by atoms with Crippen LogP contribution in [0.4, 0.5) is 5.69 Å². The lowest BCUT2D eigenvalue weighted by Crippen LogP contribution is -2.24. The Balaban J connectivity index is 3.16. The van der Waals surface area contributed by atoms with Gasteiger partial charge in [0.15, 0.2) is 5.75 Å². The molecule has 0 aromatic heterocycles. The second-order valence-corrected chi connectivity index (χ2v) is 3.16. The van der Waals surface area contributed by atoms with Gasteiger partial charge in [-0.05, 0) is 18.2 Å². The number of benzene rings is 1. The van der Waals surface area contributed by atoms with Gasteiger partial charge in [-0.25, -0.2) is 4.79 Å². The summed E-state index contributed by atoms with van der Waals surface area (Å²) in [5.74, 6) is -1.55. The SMILES string of the molecule is C=CC(Oc1ccc(C#N)cc1[N+](=O)[O-])C(=O)O. The summed E-state index contributed by atoms with van der Waals surface area (Å²) in [4.78, 5) is 20.7. The third-order valence-electron chi connectivity index (χ3n) is 2.00. The molecule has 7 heteroatoms. The van der Waals surface area contributed by atoms with Crippen LogP contribution in [0.15, 0.2) is 30.9 Å². The zero-order valence-corrected chi connectivity index (χ0v) is 9.07. The summed E-state index contributed by atoms with van der Waals surface area (Å²) in [5, 5.41) is 28.1. The van der Waals surface area contributed by atoms with Gasteiger partial charge in [-0.2, -0.15) is 5.26 Å². The van der Waals surface area contributed by atoms with Crippen LogP contribution in [0.1, 0.15) is 5.56 Å². The first-order valence-electron chi connectivity index (χ1n) is 4.70. The zero-order valence-electron chi connectivity index (χ0n) is 9.07. The van der Waals surface area contributed by atoms with E-state index in [1.165, 1.54) is 12.1 Å². The number of rotatable bonds is 5. The van der Waals surface area contributed by atoms with E-state index < -0.39 is 22.7 Å². The maximum Gasteiger partial charge on any atom is 0.349 e. The maximum atomic E-state index is 10.8. The van der Waals surface area contributed by atoms with Crippen molar-refractivity contribution in [1.29, 1.82) is 5.26 Å². The van der Waals surface area contributed by atoms with Crippen LogP contribution in [0.25, 0.3) is 0 Å². The van der Waals surface area contributed by atoms with Crippen molar-refractivity contribution >= 4 is 11.7 Å². The molecule has 0 aliphatic heterocycles. The second kappa shape index (κ2) is 5.45. The van der Waals surface area contributed by atoms with Gasteiger partial charge >= 0.3 is 11.7 Å². The molecule has 0 saturated carbocycles. The van der Waals surface area contributed by atoms with E-state index in [0.717, 1.165) is 12.1 Å². The molecule has 1 atom stereocenters. The predicted molar refractivity (Wildman–Crippen MR) is 60.1 cm³/mol. The number of carbonyl (C=O) groups is 1. The van der Waals surface area contributed by atoms with Crippen LogP contribution in [0, 0.1) is 21.4 Å². The van der Waals surface area contributed by atoms with E-state index in [-0.39, 0.29) is 11.3 Å². The van der Waals surface area contributed by atoms with Gasteiger partial charge in [-0.3, -0.25) is 10.1 Å². The number of hydrogen-bond donors (Lipinski definition) is 1. The van der Waals surface area contributed by atoms with Gasteiger partial charge < -0.3 is 9.84 Å². The lowest BCUT2D eigenvalue weighted by molar-refractivity contribution is -0.386. The van der Waals surface area contributed by atoms with Crippen molar-refractivity contribution in [1.82, 2.24) is 0 Å². The quantitative estimate of drug-likeness (QED) is 0.479. The molecular formula is C11H8N2O5. The van der Waals surface area contributed by atoms with E-state index in [0.29, 0.717) is 0 Å². The number of aliphatic carboxylic acids is 1. The average molecular weight is 248 g/mol. The molecule has 1 unspecified atom stereocenters. The first-order chi connectivity index (χ1) is 8.49. The van der Waals surface area contributed by atoms with E-state index in [2.05, 4.69) is 6.58 Å². The molecule has 0 radical (unpaired) electrons. The lowest BCUT2D eigenvalue weighted by atomic mass is 10.2. The molecule has 0 saturated heterocycles. The normalized spacial score (nSPS) is 11.1. The Hall–Kier alpha value is -2.88. The summed E-state index contributed by atoms with van der Waals surface area (Å²) in [6, 6.07) is 5.23. The molecule has 1 rings (SSSR count). The van der Waals surface area contributed by atoms with Gasteiger partial charge in [0, 0.05) is 6.07 Å². The highest BCUT2D eigenvalue weighted by Gasteiger charge is 2.22. The Morgan fingerprint density at radius 3 is 2.78 bits per heavy atom. The summed E-state index contributed by atoms with van der Waals surface area (Å²) in [6.07, 6.45) is -0.388. The fourth-order valence-electron chi connectivity index (χ4n) is 1.17. The fourth-order valence-corrected chi connectivity index (χ4v) is 1.17. The fraction of sp³-hybridized carbons (Fsp3) is 0.0909. The van der Waals surface area contributed by atoms with E-state index >= 15 is 0 Å². The minimum absolute atomic E-state index is 0.0829. The largest absolute Gasteiger partial charge is 0.478 e. The first-order valence-corrected chi connectivity index (χ1v) is 4.70. The maximum absolute atomic E-state index is 10.8. The highest BCUT2D eigenvalue weighted by atomic mass is 16.6. The molecular weight excluding hydrogens is 240 g/mol. The molecule has 0 aliphatic carbocycles. The van der Waals surface area contributed by atoms with Crippen LogP contribution < -0.4 is 4.74 Å². The topological polar surface area (TPSA) is 113 Å². The summed E-state index contributed by atoms with van der Waals surface area (Å²) >= 11 is 0. The third kappa shape index (κ3) is 2.82. The van der Waals surface area contributed by atoms with Gasteiger partial charge in [0.2, 0.25) is 6.10 Å². The molecule has 1 N–H and O–H groups in total. The minimum Gasteiger partial charge on any atom is -0.478 e. The monoisotopic (exact) mass is 248 g/mol. The second-order valence-electron chi connectivity index (χ2n) is 3.16. The number of carboxylic acids is 1. The lowest BCUT2D eigenvalue weighted by Gasteiger charge is -2.11. The van der Waals surface area contributed by atoms with Gasteiger partial charge in [0.1, 0.15) is 0 Å². The van der Waals surface area contributed by atoms with Gasteiger partial charge in [0.05, 0.1) is 16.6 Å². The van der Waals surface area contributed by atoms with Crippen LogP contribution in [0.2, 0.25) is 0 Å². The number of carboxylic acid groups (broad SMARTS) is 1. The molecule has 1 aromatic rings. The van der Waals surface area contributed by atoms with Crippen molar-refractivity contribution in [3.05, 3.63) is 46.5 Å². The minimum atomic E-state index is -1.39. The number of nitro benzene ring substituents is 1. The number of nitro groups is 1. The Morgan fingerprint density at radius 1 is 1.67 bits per heavy atom. The molecule has 0 heterocycles. The van der Waals surface area contributed by atoms with E-state index in [9.17, 15) is 14.9 Å². The van der Waals surface area contributed by atoms with Crippen molar-refractivity contribution in [2.75, 3.05) is 0 Å². The molecule has 0 amide bonds.